The van der Waals surface area contributed by atoms with E-state index in [1.54, 1.807) is 0 Å². The van der Waals surface area contributed by atoms with Gasteiger partial charge in [-0.2, -0.15) is 20.2 Å². The van der Waals surface area contributed by atoms with E-state index in [1.165, 1.54) is 89.2 Å². The van der Waals surface area contributed by atoms with Crippen LogP contribution in [0.5, 0.6) is 0 Å². The van der Waals surface area contributed by atoms with E-state index in [0.29, 0.717) is 0 Å². The summed E-state index contributed by atoms with van der Waals surface area (Å²) < 4.78 is 31.6. The zero-order chi connectivity index (χ0) is 16.7. The first-order valence-electron chi connectivity index (χ1n) is 8.75. The molecule has 0 aliphatic carbocycles. The predicted molar refractivity (Wildman–Crippen MR) is 96.1 cm³/mol. The molecule has 4 nitrogen and oxygen atoms in total. The Labute approximate surface area is 141 Å². The third-order valence-corrected chi connectivity index (χ3v) is 5.37. The Bertz CT molecular complexity index is 315. The summed E-state index contributed by atoms with van der Waals surface area (Å²) in [6, 6.07) is 0. The van der Waals surface area contributed by atoms with Gasteiger partial charge in [-0.05, 0) is 25.0 Å². The molecule has 0 aromatic carbocycles. The summed E-state index contributed by atoms with van der Waals surface area (Å²) >= 11 is 2.27. The highest BCUT2D eigenvalue weighted by Crippen LogP contribution is 2.27. The minimum absolute atomic E-state index is 1.01. The van der Waals surface area contributed by atoms with E-state index in [2.05, 4.69) is 18.7 Å². The van der Waals surface area contributed by atoms with Crippen LogP contribution in [-0.4, -0.2) is 28.5 Å². The first-order chi connectivity index (χ1) is 10.4. The molecule has 1 rings (SSSR count). The maximum Gasteiger partial charge on any atom is 0.394 e. The van der Waals surface area contributed by atoms with Gasteiger partial charge in [0, 0.05) is 5.25 Å². The summed E-state index contributed by atoms with van der Waals surface area (Å²) in [5.41, 5.74) is 0. The number of thioether (sulfide) groups is 1. The summed E-state index contributed by atoms with van der Waals surface area (Å²) in [6.45, 7) is 2.30. The third kappa shape index (κ3) is 20.2. The largest absolute Gasteiger partial charge is 0.394 e. The first kappa shape index (κ1) is 22.2. The Morgan fingerprint density at radius 3 is 2.09 bits per heavy atom. The van der Waals surface area contributed by atoms with E-state index < -0.39 is 10.4 Å². The van der Waals surface area contributed by atoms with Crippen LogP contribution in [0.1, 0.15) is 90.4 Å². The van der Waals surface area contributed by atoms with Crippen molar-refractivity contribution in [2.45, 2.75) is 95.6 Å². The van der Waals surface area contributed by atoms with Crippen molar-refractivity contribution >= 4 is 22.2 Å². The molecule has 1 saturated heterocycles. The van der Waals surface area contributed by atoms with Crippen LogP contribution in [0, 0.1) is 0 Å². The Morgan fingerprint density at radius 2 is 1.45 bits per heavy atom. The topological polar surface area (TPSA) is 74.6 Å². The van der Waals surface area contributed by atoms with Crippen molar-refractivity contribution in [2.75, 3.05) is 5.75 Å². The SMILES string of the molecule is CCCCCCCCCC1CCCCCCS1.O=S(=O)(O)O. The van der Waals surface area contributed by atoms with Gasteiger partial charge in [0.1, 0.15) is 0 Å². The van der Waals surface area contributed by atoms with Crippen molar-refractivity contribution in [1.29, 1.82) is 0 Å². The van der Waals surface area contributed by atoms with Crippen molar-refractivity contribution in [3.63, 3.8) is 0 Å². The smallest absolute Gasteiger partial charge is 0.264 e. The van der Waals surface area contributed by atoms with Crippen LogP contribution in [0.4, 0.5) is 0 Å². The number of unbranched alkanes of at least 4 members (excludes halogenated alkanes) is 6. The van der Waals surface area contributed by atoms with Gasteiger partial charge in [-0.15, -0.1) is 0 Å². The Balaban J connectivity index is 0.000000763. The standard InChI is InChI=1S/C16H32S.H2O4S/c1-2-3-4-5-6-7-10-13-16-14-11-8-9-12-15-17-16;1-5(2,3)4/h16H,2-15H2,1H3;(H2,1,2,3,4). The summed E-state index contributed by atoms with van der Waals surface area (Å²) in [5, 5.41) is 1.01. The molecule has 0 aromatic heterocycles. The third-order valence-electron chi connectivity index (χ3n) is 3.90. The van der Waals surface area contributed by atoms with E-state index in [-0.39, 0.29) is 0 Å². The average molecular weight is 355 g/mol. The molecule has 6 heteroatoms. The first-order valence-corrected chi connectivity index (χ1v) is 11.2. The van der Waals surface area contributed by atoms with Crippen LogP contribution >= 0.6 is 11.8 Å². The normalized spacial score (nSPS) is 19.7. The van der Waals surface area contributed by atoms with Crippen molar-refractivity contribution in [3.8, 4) is 0 Å². The fourth-order valence-electron chi connectivity index (χ4n) is 2.72. The molecule has 134 valence electrons. The number of hydrogen-bond acceptors (Lipinski definition) is 3. The maximum atomic E-state index is 8.74. The molecular weight excluding hydrogens is 320 g/mol. The fourth-order valence-corrected chi connectivity index (χ4v) is 4.09. The fraction of sp³-hybridized carbons (Fsp3) is 1.00. The van der Waals surface area contributed by atoms with Crippen LogP contribution in [0.15, 0.2) is 0 Å². The summed E-state index contributed by atoms with van der Waals surface area (Å²) in [4.78, 5) is 0. The van der Waals surface area contributed by atoms with Crippen LogP contribution in [0.2, 0.25) is 0 Å². The molecule has 1 unspecified atom stereocenters. The van der Waals surface area contributed by atoms with E-state index in [0.717, 1.165) is 5.25 Å². The number of hydrogen-bond donors (Lipinski definition) is 2. The van der Waals surface area contributed by atoms with Crippen LogP contribution in [-0.2, 0) is 10.4 Å². The molecule has 1 aliphatic rings. The summed E-state index contributed by atoms with van der Waals surface area (Å²) in [6.07, 6.45) is 19.2. The van der Waals surface area contributed by atoms with Gasteiger partial charge < -0.3 is 0 Å². The second-order valence-corrected chi connectivity index (χ2v) is 8.36. The Hall–Kier alpha value is 0.220. The summed E-state index contributed by atoms with van der Waals surface area (Å²) in [7, 11) is -4.67. The summed E-state index contributed by atoms with van der Waals surface area (Å²) in [5.74, 6) is 1.43. The zero-order valence-electron chi connectivity index (χ0n) is 14.0. The minimum atomic E-state index is -4.67. The van der Waals surface area contributed by atoms with Crippen LogP contribution in [0.3, 0.4) is 0 Å². The Morgan fingerprint density at radius 1 is 0.909 bits per heavy atom. The van der Waals surface area contributed by atoms with Gasteiger partial charge in [0.15, 0.2) is 0 Å². The zero-order valence-corrected chi connectivity index (χ0v) is 15.6. The lowest BCUT2D eigenvalue weighted by molar-refractivity contribution is 0.381. The average Bonchev–Trinajstić information content (AvgIpc) is 2.37. The van der Waals surface area contributed by atoms with Gasteiger partial charge in [0.05, 0.1) is 0 Å². The quantitative estimate of drug-likeness (QED) is 0.442. The molecular formula is C16H34O4S2. The number of rotatable bonds is 8. The monoisotopic (exact) mass is 354 g/mol. The van der Waals surface area contributed by atoms with Crippen molar-refractivity contribution in [1.82, 2.24) is 0 Å². The maximum absolute atomic E-state index is 8.74. The van der Waals surface area contributed by atoms with E-state index in [4.69, 9.17) is 17.5 Å². The van der Waals surface area contributed by atoms with Gasteiger partial charge >= 0.3 is 10.4 Å². The van der Waals surface area contributed by atoms with Crippen molar-refractivity contribution in [2.24, 2.45) is 0 Å². The van der Waals surface area contributed by atoms with E-state index in [9.17, 15) is 0 Å². The van der Waals surface area contributed by atoms with Crippen molar-refractivity contribution < 1.29 is 17.5 Å². The van der Waals surface area contributed by atoms with Gasteiger partial charge in [-0.25, -0.2) is 0 Å². The van der Waals surface area contributed by atoms with Gasteiger partial charge in [-0.3, -0.25) is 9.11 Å². The Kier molecular flexibility index (Phi) is 14.9. The van der Waals surface area contributed by atoms with E-state index >= 15 is 0 Å². The van der Waals surface area contributed by atoms with Gasteiger partial charge in [0.2, 0.25) is 0 Å². The van der Waals surface area contributed by atoms with E-state index in [1.807, 2.05) is 0 Å². The molecule has 1 aliphatic heterocycles. The van der Waals surface area contributed by atoms with Gasteiger partial charge in [0.25, 0.3) is 0 Å². The highest BCUT2D eigenvalue weighted by molar-refractivity contribution is 7.99. The molecule has 0 saturated carbocycles. The molecule has 1 atom stereocenters. The van der Waals surface area contributed by atoms with Crippen LogP contribution in [0.25, 0.3) is 0 Å². The molecule has 0 bridgehead atoms. The molecule has 0 amide bonds. The molecule has 0 aromatic rings. The lowest BCUT2D eigenvalue weighted by Gasteiger charge is -2.19. The molecule has 0 radical (unpaired) electrons. The molecule has 22 heavy (non-hydrogen) atoms. The lowest BCUT2D eigenvalue weighted by Crippen LogP contribution is -2.06. The van der Waals surface area contributed by atoms with Crippen LogP contribution < -0.4 is 0 Å². The van der Waals surface area contributed by atoms with Gasteiger partial charge in [-0.1, -0.05) is 71.1 Å². The molecule has 0 spiro atoms. The predicted octanol–water partition coefficient (Wildman–Crippen LogP) is 5.54. The minimum Gasteiger partial charge on any atom is -0.264 e. The molecule has 1 heterocycles. The highest BCUT2D eigenvalue weighted by Gasteiger charge is 2.10. The van der Waals surface area contributed by atoms with Crippen molar-refractivity contribution in [3.05, 3.63) is 0 Å². The second kappa shape index (κ2) is 14.8. The second-order valence-electron chi connectivity index (χ2n) is 6.05. The lowest BCUT2D eigenvalue weighted by atomic mass is 10.0. The molecule has 2 N–H and O–H groups in total. The highest BCUT2D eigenvalue weighted by atomic mass is 32.3. The molecule has 1 fully saturated rings.